The highest BCUT2D eigenvalue weighted by Gasteiger charge is 2.36. The number of carbonyl (C=O) groups excluding carboxylic acids is 2. The van der Waals surface area contributed by atoms with Crippen molar-refractivity contribution in [1.29, 1.82) is 0 Å². The molecule has 33 heavy (non-hydrogen) atoms. The molecule has 2 aromatic rings. The zero-order valence-electron chi connectivity index (χ0n) is 19.3. The molecule has 0 aliphatic carbocycles. The average molecular weight is 533 g/mol. The van der Waals surface area contributed by atoms with Crippen LogP contribution < -0.4 is 4.57 Å². The fraction of sp³-hybridized carbons (Fsp3) is 0.556. The molecule has 0 aliphatic rings. The van der Waals surface area contributed by atoms with Gasteiger partial charge in [-0.1, -0.05) is 11.8 Å². The standard InChI is InChI=1S/C9H15N2OS.C8H12N2OS.CHF3O3S/c1-7-5-10(3)9(11(7)4)13-6-8(2)12;1-6-4-9-8(10(6)3)12-5-7(2)11;2-1(3,4)8(5,6)7/h5H,6H2,1-4H3;4H,5H2,1-3H3;(H,5,6,7)/q+1;;/p-1. The number of Topliss-reactive ketones (excluding diaryl/α,β-unsaturated/α-hetero) is 2. The van der Waals surface area contributed by atoms with E-state index in [-0.39, 0.29) is 11.6 Å². The molecule has 0 N–H and O–H groups in total. The maximum Gasteiger partial charge on any atom is 0.485 e. The van der Waals surface area contributed by atoms with Crippen LogP contribution in [0.3, 0.4) is 0 Å². The van der Waals surface area contributed by atoms with Crippen LogP contribution in [0.25, 0.3) is 0 Å². The van der Waals surface area contributed by atoms with Gasteiger partial charge in [0.15, 0.2) is 15.3 Å². The smallest absolute Gasteiger partial charge is 0.485 e. The summed E-state index contributed by atoms with van der Waals surface area (Å²) >= 11 is 3.06. The molecule has 0 bridgehead atoms. The van der Waals surface area contributed by atoms with Gasteiger partial charge >= 0.3 is 10.7 Å². The van der Waals surface area contributed by atoms with Gasteiger partial charge in [0.2, 0.25) is 0 Å². The van der Waals surface area contributed by atoms with Gasteiger partial charge in [-0.15, -0.1) is 0 Å². The molecule has 188 valence electrons. The van der Waals surface area contributed by atoms with Gasteiger partial charge in [-0.05, 0) is 32.5 Å². The molecular formula is C18H27F3N4O5S3. The largest absolute Gasteiger partial charge is 0.741 e. The predicted molar refractivity (Wildman–Crippen MR) is 118 cm³/mol. The maximum atomic E-state index is 10.8. The van der Waals surface area contributed by atoms with Crippen molar-refractivity contribution in [3.63, 3.8) is 0 Å². The third kappa shape index (κ3) is 11.2. The topological polar surface area (TPSA) is 118 Å². The Bertz CT molecular complexity index is 1060. The van der Waals surface area contributed by atoms with Crippen molar-refractivity contribution in [2.24, 2.45) is 21.1 Å². The number of nitrogens with zero attached hydrogens (tertiary/aromatic N) is 4. The molecule has 0 amide bonds. The number of alkyl halides is 3. The summed E-state index contributed by atoms with van der Waals surface area (Å²) in [5.41, 5.74) is -3.33. The SMILES string of the molecule is CC(=O)CSc1n(C)c(C)c[n+]1C.CC(=O)CSc1ncc(C)n1C.O=S(=O)([O-])C(F)(F)F. The monoisotopic (exact) mass is 532 g/mol. The van der Waals surface area contributed by atoms with Crippen LogP contribution in [0.4, 0.5) is 13.2 Å². The quantitative estimate of drug-likeness (QED) is 0.241. The fourth-order valence-electron chi connectivity index (χ4n) is 1.95. The molecule has 0 radical (unpaired) electrons. The Morgan fingerprint density at radius 3 is 1.82 bits per heavy atom. The molecule has 0 spiro atoms. The van der Waals surface area contributed by atoms with Crippen LogP contribution in [0, 0.1) is 13.8 Å². The molecule has 0 fully saturated rings. The normalized spacial score (nSPS) is 11.2. The van der Waals surface area contributed by atoms with Crippen molar-refractivity contribution in [1.82, 2.24) is 14.1 Å². The minimum atomic E-state index is -6.09. The summed E-state index contributed by atoms with van der Waals surface area (Å²) in [5.74, 6) is 1.44. The summed E-state index contributed by atoms with van der Waals surface area (Å²) in [6, 6.07) is 0. The first kappa shape index (κ1) is 31.2. The van der Waals surface area contributed by atoms with E-state index in [2.05, 4.69) is 22.7 Å². The highest BCUT2D eigenvalue weighted by molar-refractivity contribution is 8.00. The van der Waals surface area contributed by atoms with Gasteiger partial charge in [-0.2, -0.15) is 13.2 Å². The first-order valence-electron chi connectivity index (χ1n) is 9.15. The third-order valence-corrected chi connectivity index (χ3v) is 6.89. The molecule has 9 nitrogen and oxygen atoms in total. The van der Waals surface area contributed by atoms with E-state index in [0.717, 1.165) is 16.0 Å². The maximum absolute atomic E-state index is 10.8. The van der Waals surface area contributed by atoms with Crippen molar-refractivity contribution in [3.8, 4) is 0 Å². The Kier molecular flexibility index (Phi) is 12.4. The third-order valence-electron chi connectivity index (χ3n) is 3.77. The second-order valence-corrected chi connectivity index (χ2v) is 10.1. The molecule has 0 saturated carbocycles. The van der Waals surface area contributed by atoms with Gasteiger partial charge < -0.3 is 9.12 Å². The lowest BCUT2D eigenvalue weighted by atomic mass is 10.5. The zero-order chi connectivity index (χ0) is 26.1. The number of carbonyl (C=O) groups is 2. The van der Waals surface area contributed by atoms with Crippen LogP contribution in [-0.2, 0) is 40.9 Å². The predicted octanol–water partition coefficient (Wildman–Crippen LogP) is 2.30. The molecule has 15 heteroatoms. The van der Waals surface area contributed by atoms with E-state index >= 15 is 0 Å². The fourth-order valence-corrected chi connectivity index (χ4v) is 3.67. The van der Waals surface area contributed by atoms with Crippen molar-refractivity contribution in [3.05, 3.63) is 23.8 Å². The van der Waals surface area contributed by atoms with E-state index < -0.39 is 15.6 Å². The first-order chi connectivity index (χ1) is 14.9. The summed E-state index contributed by atoms with van der Waals surface area (Å²) in [6.45, 7) is 7.24. The lowest BCUT2D eigenvalue weighted by Crippen LogP contribution is -2.28. The number of aryl methyl sites for hydroxylation is 3. The summed E-state index contributed by atoms with van der Waals surface area (Å²) in [7, 11) is -0.134. The number of ketones is 2. The van der Waals surface area contributed by atoms with E-state index in [9.17, 15) is 22.8 Å². The summed E-state index contributed by atoms with van der Waals surface area (Å²) in [5, 5.41) is 2.02. The number of hydrogen-bond acceptors (Lipinski definition) is 8. The second kappa shape index (κ2) is 13.2. The Morgan fingerprint density at radius 1 is 1.06 bits per heavy atom. The van der Waals surface area contributed by atoms with Crippen LogP contribution in [0.5, 0.6) is 0 Å². The Hall–Kier alpha value is -1.84. The number of thioether (sulfide) groups is 2. The van der Waals surface area contributed by atoms with Crippen molar-refractivity contribution in [2.75, 3.05) is 11.5 Å². The Labute approximate surface area is 199 Å². The van der Waals surface area contributed by atoms with E-state index in [1.165, 1.54) is 17.5 Å². The van der Waals surface area contributed by atoms with Crippen LogP contribution in [0.2, 0.25) is 0 Å². The van der Waals surface area contributed by atoms with Gasteiger partial charge in [-0.25, -0.2) is 22.5 Å². The van der Waals surface area contributed by atoms with E-state index in [1.807, 2.05) is 43.4 Å². The summed E-state index contributed by atoms with van der Waals surface area (Å²) < 4.78 is 65.0. The molecule has 2 aromatic heterocycles. The number of halogens is 3. The summed E-state index contributed by atoms with van der Waals surface area (Å²) in [4.78, 5) is 25.6. The molecule has 2 rings (SSSR count). The van der Waals surface area contributed by atoms with Gasteiger partial charge in [0.05, 0.1) is 25.6 Å². The van der Waals surface area contributed by atoms with E-state index in [4.69, 9.17) is 13.0 Å². The molecule has 2 heterocycles. The van der Waals surface area contributed by atoms with E-state index in [0.29, 0.717) is 11.5 Å². The molecule has 0 atom stereocenters. The first-order valence-corrected chi connectivity index (χ1v) is 12.5. The second-order valence-electron chi connectivity index (χ2n) is 6.85. The highest BCUT2D eigenvalue weighted by Crippen LogP contribution is 2.20. The van der Waals surface area contributed by atoms with Crippen molar-refractivity contribution in [2.45, 2.75) is 43.5 Å². The lowest BCUT2D eigenvalue weighted by Gasteiger charge is -2.08. The minimum absolute atomic E-state index is 0.181. The molecule has 0 aromatic carbocycles. The van der Waals surface area contributed by atoms with Gasteiger partial charge in [0, 0.05) is 25.9 Å². The van der Waals surface area contributed by atoms with Crippen molar-refractivity contribution < 1.29 is 40.3 Å². The molecule has 0 saturated heterocycles. The number of imidazole rings is 2. The van der Waals surface area contributed by atoms with Crippen LogP contribution in [-0.4, -0.2) is 55.7 Å². The highest BCUT2D eigenvalue weighted by atomic mass is 32.2. The summed E-state index contributed by atoms with van der Waals surface area (Å²) in [6.07, 6.45) is 3.87. The number of aromatic nitrogens is 4. The van der Waals surface area contributed by atoms with Gasteiger partial charge in [-0.3, -0.25) is 9.59 Å². The number of rotatable bonds is 6. The average Bonchev–Trinajstić information content (AvgIpc) is 3.09. The van der Waals surface area contributed by atoms with Crippen molar-refractivity contribution >= 4 is 45.2 Å². The lowest BCUT2D eigenvalue weighted by molar-refractivity contribution is -0.709. The minimum Gasteiger partial charge on any atom is -0.741 e. The molecule has 0 unspecified atom stereocenters. The zero-order valence-corrected chi connectivity index (χ0v) is 21.7. The molecular weight excluding hydrogens is 505 g/mol. The van der Waals surface area contributed by atoms with Gasteiger partial charge in [0.25, 0.3) is 0 Å². The Morgan fingerprint density at radius 2 is 1.52 bits per heavy atom. The van der Waals surface area contributed by atoms with Crippen LogP contribution >= 0.6 is 23.5 Å². The van der Waals surface area contributed by atoms with E-state index in [1.54, 1.807) is 25.6 Å². The van der Waals surface area contributed by atoms with Gasteiger partial charge in [0.1, 0.15) is 23.5 Å². The van der Waals surface area contributed by atoms with Crippen LogP contribution in [0.1, 0.15) is 25.2 Å². The van der Waals surface area contributed by atoms with Crippen LogP contribution in [0.15, 0.2) is 22.7 Å². The Balaban J connectivity index is 0.000000480. The molecule has 0 aliphatic heterocycles. The number of hydrogen-bond donors (Lipinski definition) is 0.